The van der Waals surface area contributed by atoms with Crippen molar-refractivity contribution in [3.05, 3.63) is 36.4 Å². The van der Waals surface area contributed by atoms with Crippen LogP contribution in [-0.2, 0) is 27.2 Å². The molecule has 0 aliphatic carbocycles. The molecule has 0 saturated carbocycles. The molecule has 0 spiro atoms. The molecule has 156 valence electrons. The lowest BCUT2D eigenvalue weighted by molar-refractivity contribution is 0.166. The maximum absolute atomic E-state index is 12.7. The number of rotatable bonds is 12. The van der Waals surface area contributed by atoms with Crippen molar-refractivity contribution in [2.24, 2.45) is 0 Å². The van der Waals surface area contributed by atoms with Gasteiger partial charge in [-0.25, -0.2) is 9.13 Å². The second-order valence-corrected chi connectivity index (χ2v) is 8.54. The number of hydrogen-bond donors (Lipinski definition) is 0. The molecule has 0 aromatic heterocycles. The summed E-state index contributed by atoms with van der Waals surface area (Å²) >= 11 is 0. The zero-order valence-corrected chi connectivity index (χ0v) is 18.2. The van der Waals surface area contributed by atoms with Crippen LogP contribution in [0.3, 0.4) is 0 Å². The van der Waals surface area contributed by atoms with Gasteiger partial charge in [0.1, 0.15) is 11.5 Å². The van der Waals surface area contributed by atoms with Gasteiger partial charge in [-0.1, -0.05) is 24.3 Å². The second-order valence-electron chi connectivity index (χ2n) is 5.36. The highest BCUT2D eigenvalue weighted by atomic mass is 31.2. The largest absolute Gasteiger partial charge is 0.530 e. The van der Waals surface area contributed by atoms with E-state index in [2.05, 4.69) is 0 Å². The Morgan fingerprint density at radius 3 is 1.21 bits per heavy atom. The Hall–Kier alpha value is -1.40. The predicted molar refractivity (Wildman–Crippen MR) is 107 cm³/mol. The van der Waals surface area contributed by atoms with Crippen LogP contribution in [0.1, 0.15) is 27.7 Å². The summed E-state index contributed by atoms with van der Waals surface area (Å²) in [4.78, 5) is 0. The highest BCUT2D eigenvalue weighted by Crippen LogP contribution is 2.53. The van der Waals surface area contributed by atoms with E-state index in [-0.39, 0.29) is 37.9 Å². The fraction of sp³-hybridized carbons (Fsp3) is 0.444. The molecule has 2 aromatic rings. The van der Waals surface area contributed by atoms with Gasteiger partial charge in [-0.15, -0.1) is 0 Å². The average Bonchev–Trinajstić information content (AvgIpc) is 2.63. The van der Waals surface area contributed by atoms with Crippen molar-refractivity contribution in [3.63, 3.8) is 0 Å². The Balaban J connectivity index is 2.44. The third-order valence-electron chi connectivity index (χ3n) is 3.41. The van der Waals surface area contributed by atoms with Crippen LogP contribution in [0.5, 0.6) is 11.5 Å². The molecule has 0 heterocycles. The molecule has 0 bridgehead atoms. The van der Waals surface area contributed by atoms with Gasteiger partial charge in [0.15, 0.2) is 0 Å². The summed E-state index contributed by atoms with van der Waals surface area (Å²) in [5.74, 6) is 0.576. The topological polar surface area (TPSA) is 89.5 Å². The van der Waals surface area contributed by atoms with E-state index in [1.54, 1.807) is 64.1 Å². The van der Waals surface area contributed by atoms with E-state index in [9.17, 15) is 9.13 Å². The van der Waals surface area contributed by atoms with E-state index in [4.69, 9.17) is 27.1 Å². The van der Waals surface area contributed by atoms with Crippen LogP contribution in [0.2, 0.25) is 0 Å². The summed E-state index contributed by atoms with van der Waals surface area (Å²) in [6.07, 6.45) is 0. The zero-order chi connectivity index (χ0) is 20.6. The molecule has 10 heteroatoms. The minimum atomic E-state index is -3.77. The lowest BCUT2D eigenvalue weighted by Crippen LogP contribution is -2.04. The standard InChI is InChI=1S/C18H26O8P2/c1-5-21-27(19,22-6-2)25-17-13-9-12-16-15(17)11-10-14-18(16)26-28(20,23-7-3)24-8-4/h9-14H,5-8H2,1-4H3. The van der Waals surface area contributed by atoms with Gasteiger partial charge in [-0.2, -0.15) is 0 Å². The molecular formula is C18H26O8P2. The van der Waals surface area contributed by atoms with Crippen molar-refractivity contribution in [3.8, 4) is 11.5 Å². The van der Waals surface area contributed by atoms with Crippen molar-refractivity contribution in [1.29, 1.82) is 0 Å². The van der Waals surface area contributed by atoms with Gasteiger partial charge in [0, 0.05) is 10.8 Å². The van der Waals surface area contributed by atoms with Crippen molar-refractivity contribution >= 4 is 26.4 Å². The molecule has 0 aliphatic rings. The van der Waals surface area contributed by atoms with Crippen LogP contribution in [0, 0.1) is 0 Å². The molecule has 8 nitrogen and oxygen atoms in total. The maximum atomic E-state index is 12.7. The van der Waals surface area contributed by atoms with E-state index in [0.717, 1.165) is 0 Å². The normalized spacial score (nSPS) is 12.3. The van der Waals surface area contributed by atoms with Crippen molar-refractivity contribution in [1.82, 2.24) is 0 Å². The second kappa shape index (κ2) is 10.4. The van der Waals surface area contributed by atoms with Crippen LogP contribution < -0.4 is 9.05 Å². The molecule has 2 aromatic carbocycles. The number of fused-ring (bicyclic) bond motifs is 1. The zero-order valence-electron chi connectivity index (χ0n) is 16.5. The predicted octanol–water partition coefficient (Wildman–Crippen LogP) is 5.96. The quantitative estimate of drug-likeness (QED) is 0.380. The third kappa shape index (κ3) is 5.80. The highest BCUT2D eigenvalue weighted by molar-refractivity contribution is 7.49. The first kappa shape index (κ1) is 22.9. The van der Waals surface area contributed by atoms with Gasteiger partial charge in [0.05, 0.1) is 26.4 Å². The summed E-state index contributed by atoms with van der Waals surface area (Å²) in [6, 6.07) is 10.2. The minimum absolute atomic E-state index is 0.169. The van der Waals surface area contributed by atoms with Gasteiger partial charge in [-0.05, 0) is 39.8 Å². The van der Waals surface area contributed by atoms with E-state index in [1.807, 2.05) is 0 Å². The van der Waals surface area contributed by atoms with Gasteiger partial charge in [0.2, 0.25) is 0 Å². The molecule has 0 unspecified atom stereocenters. The van der Waals surface area contributed by atoms with Crippen molar-refractivity contribution in [2.75, 3.05) is 26.4 Å². The van der Waals surface area contributed by atoms with E-state index in [1.165, 1.54) is 0 Å². The molecule has 0 radical (unpaired) electrons. The van der Waals surface area contributed by atoms with Crippen LogP contribution >= 0.6 is 15.6 Å². The fourth-order valence-corrected chi connectivity index (χ4v) is 4.89. The summed E-state index contributed by atoms with van der Waals surface area (Å²) < 4.78 is 57.4. The van der Waals surface area contributed by atoms with Crippen LogP contribution in [0.15, 0.2) is 36.4 Å². The Labute approximate surface area is 165 Å². The highest BCUT2D eigenvalue weighted by Gasteiger charge is 2.30. The summed E-state index contributed by atoms with van der Waals surface area (Å²) in [6.45, 7) is 7.47. The number of phosphoric acid groups is 2. The third-order valence-corrected chi connectivity index (χ3v) is 6.55. The lowest BCUT2D eigenvalue weighted by atomic mass is 10.1. The fourth-order valence-electron chi connectivity index (χ4n) is 2.46. The number of phosphoric ester groups is 2. The monoisotopic (exact) mass is 432 g/mol. The van der Waals surface area contributed by atoms with E-state index >= 15 is 0 Å². The summed E-state index contributed by atoms with van der Waals surface area (Å²) in [5, 5.41) is 1.17. The Kier molecular flexibility index (Phi) is 8.50. The Morgan fingerprint density at radius 2 is 0.929 bits per heavy atom. The number of hydrogen-bond acceptors (Lipinski definition) is 8. The van der Waals surface area contributed by atoms with Gasteiger partial charge in [-0.3, -0.25) is 18.1 Å². The average molecular weight is 432 g/mol. The molecule has 0 fully saturated rings. The van der Waals surface area contributed by atoms with Crippen LogP contribution in [0.4, 0.5) is 0 Å². The minimum Gasteiger partial charge on any atom is -0.403 e. The molecule has 28 heavy (non-hydrogen) atoms. The number of benzene rings is 2. The smallest absolute Gasteiger partial charge is 0.403 e. The van der Waals surface area contributed by atoms with E-state index in [0.29, 0.717) is 10.8 Å². The lowest BCUT2D eigenvalue weighted by Gasteiger charge is -2.20. The maximum Gasteiger partial charge on any atom is 0.530 e. The Morgan fingerprint density at radius 1 is 0.607 bits per heavy atom. The van der Waals surface area contributed by atoms with Gasteiger partial charge >= 0.3 is 15.6 Å². The Bertz CT molecular complexity index is 779. The first-order chi connectivity index (χ1) is 13.4. The molecule has 0 N–H and O–H groups in total. The van der Waals surface area contributed by atoms with Crippen molar-refractivity contribution in [2.45, 2.75) is 27.7 Å². The van der Waals surface area contributed by atoms with Gasteiger partial charge in [0.25, 0.3) is 0 Å². The van der Waals surface area contributed by atoms with Gasteiger partial charge < -0.3 is 9.05 Å². The summed E-state index contributed by atoms with van der Waals surface area (Å²) in [5.41, 5.74) is 0. The first-order valence-corrected chi connectivity index (χ1v) is 12.0. The SMILES string of the molecule is CCOP(=O)(OCC)Oc1cccc2c(OP(=O)(OCC)OCC)cccc12. The molecule has 0 atom stereocenters. The molecule has 0 saturated heterocycles. The molecular weight excluding hydrogens is 406 g/mol. The molecule has 2 rings (SSSR count). The molecule has 0 aliphatic heterocycles. The molecule has 0 amide bonds. The summed E-state index contributed by atoms with van der Waals surface area (Å²) in [7, 11) is -7.54. The van der Waals surface area contributed by atoms with Crippen LogP contribution in [0.25, 0.3) is 10.8 Å². The van der Waals surface area contributed by atoms with E-state index < -0.39 is 15.6 Å². The van der Waals surface area contributed by atoms with Crippen LogP contribution in [-0.4, -0.2) is 26.4 Å². The first-order valence-electron chi connectivity index (χ1n) is 9.09. The van der Waals surface area contributed by atoms with Crippen molar-refractivity contribution < 1.29 is 36.3 Å².